The number of hydrogen-bond donors (Lipinski definition) is 1. The van der Waals surface area contributed by atoms with Gasteiger partial charge in [0, 0.05) is 12.2 Å². The fraction of sp³-hybridized carbons (Fsp3) is 0.500. The molecule has 0 saturated carbocycles. The Labute approximate surface area is 103 Å². The predicted octanol–water partition coefficient (Wildman–Crippen LogP) is 2.01. The molecule has 1 aromatic carbocycles. The molecule has 1 unspecified atom stereocenters. The van der Waals surface area contributed by atoms with Gasteiger partial charge in [0.15, 0.2) is 0 Å². The second-order valence-electron chi connectivity index (χ2n) is 4.70. The molecule has 2 rings (SSSR count). The Kier molecular flexibility index (Phi) is 3.48. The first kappa shape index (κ1) is 12.1. The zero-order valence-electron chi connectivity index (χ0n) is 10.6. The molecule has 2 N–H and O–H groups in total. The molecule has 1 aliphatic rings. The molecule has 1 amide bonds. The molecular weight excluding hydrogens is 212 g/mol. The van der Waals surface area contributed by atoms with E-state index < -0.39 is 0 Å². The highest BCUT2D eigenvalue weighted by atomic mass is 16.2. The lowest BCUT2D eigenvalue weighted by Crippen LogP contribution is -2.48. The maximum Gasteiger partial charge on any atom is 0.243 e. The number of nitrogens with zero attached hydrogens (tertiary/aromatic N) is 1. The molecule has 1 heterocycles. The smallest absolute Gasteiger partial charge is 0.243 e. The van der Waals surface area contributed by atoms with Crippen molar-refractivity contribution in [1.29, 1.82) is 0 Å². The number of hydrogen-bond acceptors (Lipinski definition) is 2. The summed E-state index contributed by atoms with van der Waals surface area (Å²) in [5.41, 5.74) is 9.38. The van der Waals surface area contributed by atoms with E-state index in [1.165, 1.54) is 11.1 Å². The molecule has 92 valence electrons. The van der Waals surface area contributed by atoms with Gasteiger partial charge < -0.3 is 10.6 Å². The lowest BCUT2D eigenvalue weighted by Gasteiger charge is -2.30. The molecule has 0 bridgehead atoms. The van der Waals surface area contributed by atoms with Gasteiger partial charge in [-0.25, -0.2) is 0 Å². The van der Waals surface area contributed by atoms with Crippen LogP contribution in [0.25, 0.3) is 0 Å². The summed E-state index contributed by atoms with van der Waals surface area (Å²) in [4.78, 5) is 13.8. The average Bonchev–Trinajstić information content (AvgIpc) is 2.32. The summed E-state index contributed by atoms with van der Waals surface area (Å²) in [5, 5.41) is 0. The number of anilines is 1. The Hall–Kier alpha value is -1.35. The maximum atomic E-state index is 12.0. The fourth-order valence-corrected chi connectivity index (χ4v) is 2.40. The van der Waals surface area contributed by atoms with Crippen molar-refractivity contribution in [1.82, 2.24) is 0 Å². The number of nitrogens with two attached hydrogens (primary N) is 1. The van der Waals surface area contributed by atoms with Gasteiger partial charge in [-0.05, 0) is 49.4 Å². The third-order valence-electron chi connectivity index (χ3n) is 3.50. The van der Waals surface area contributed by atoms with Gasteiger partial charge in [-0.15, -0.1) is 0 Å². The number of aryl methyl sites for hydroxylation is 2. The van der Waals surface area contributed by atoms with Crippen LogP contribution in [0.4, 0.5) is 5.69 Å². The molecule has 1 fully saturated rings. The van der Waals surface area contributed by atoms with E-state index >= 15 is 0 Å². The van der Waals surface area contributed by atoms with Crippen LogP contribution in [0, 0.1) is 6.92 Å². The largest absolute Gasteiger partial charge is 0.320 e. The highest BCUT2D eigenvalue weighted by molar-refractivity contribution is 5.97. The number of carbonyl (C=O) groups excluding carboxylic acids is 1. The Bertz CT molecular complexity index is 428. The average molecular weight is 232 g/mol. The zero-order chi connectivity index (χ0) is 12.4. The van der Waals surface area contributed by atoms with Gasteiger partial charge in [-0.3, -0.25) is 4.79 Å². The quantitative estimate of drug-likeness (QED) is 0.848. The van der Waals surface area contributed by atoms with Crippen LogP contribution in [0.3, 0.4) is 0 Å². The van der Waals surface area contributed by atoms with Gasteiger partial charge in [-0.1, -0.05) is 13.0 Å². The number of benzene rings is 1. The molecule has 0 radical (unpaired) electrons. The summed E-state index contributed by atoms with van der Waals surface area (Å²) in [6, 6.07) is 5.91. The van der Waals surface area contributed by atoms with Crippen molar-refractivity contribution < 1.29 is 4.79 Å². The minimum atomic E-state index is -0.324. The Balaban J connectivity index is 2.27. The van der Waals surface area contributed by atoms with Gasteiger partial charge in [-0.2, -0.15) is 0 Å². The van der Waals surface area contributed by atoms with Crippen molar-refractivity contribution in [3.05, 3.63) is 29.3 Å². The van der Waals surface area contributed by atoms with Crippen LogP contribution in [0.1, 0.15) is 30.9 Å². The number of carbonyl (C=O) groups is 1. The summed E-state index contributed by atoms with van der Waals surface area (Å²) >= 11 is 0. The summed E-state index contributed by atoms with van der Waals surface area (Å²) in [7, 11) is 0. The van der Waals surface area contributed by atoms with Gasteiger partial charge in [0.2, 0.25) is 5.91 Å². The van der Waals surface area contributed by atoms with E-state index in [4.69, 9.17) is 5.73 Å². The van der Waals surface area contributed by atoms with Crippen molar-refractivity contribution in [2.45, 2.75) is 39.2 Å². The topological polar surface area (TPSA) is 46.3 Å². The third-order valence-corrected chi connectivity index (χ3v) is 3.50. The minimum absolute atomic E-state index is 0.0555. The highest BCUT2D eigenvalue weighted by Crippen LogP contribution is 2.23. The first-order valence-corrected chi connectivity index (χ1v) is 6.30. The van der Waals surface area contributed by atoms with E-state index in [1.807, 2.05) is 11.0 Å². The second kappa shape index (κ2) is 4.88. The first-order chi connectivity index (χ1) is 8.13. The molecule has 3 heteroatoms. The van der Waals surface area contributed by atoms with Crippen molar-refractivity contribution in [3.8, 4) is 0 Å². The molecule has 1 aromatic rings. The molecule has 1 saturated heterocycles. The van der Waals surface area contributed by atoms with Gasteiger partial charge in [0.25, 0.3) is 0 Å². The first-order valence-electron chi connectivity index (χ1n) is 6.30. The van der Waals surface area contributed by atoms with Crippen molar-refractivity contribution in [2.24, 2.45) is 5.73 Å². The molecule has 0 aliphatic carbocycles. The standard InChI is InChI=1S/C14H20N2O/c1-3-11-6-7-12(9-10(11)2)16-8-4-5-13(15)14(16)17/h6-7,9,13H,3-5,8,15H2,1-2H3. The van der Waals surface area contributed by atoms with Gasteiger partial charge in [0.05, 0.1) is 6.04 Å². The zero-order valence-corrected chi connectivity index (χ0v) is 10.6. The van der Waals surface area contributed by atoms with Crippen LogP contribution < -0.4 is 10.6 Å². The second-order valence-corrected chi connectivity index (χ2v) is 4.70. The Morgan fingerprint density at radius 2 is 2.24 bits per heavy atom. The molecule has 1 atom stereocenters. The van der Waals surface area contributed by atoms with Gasteiger partial charge in [0.1, 0.15) is 0 Å². The molecule has 0 aromatic heterocycles. The minimum Gasteiger partial charge on any atom is -0.320 e. The van der Waals surface area contributed by atoms with Crippen LogP contribution in [0.15, 0.2) is 18.2 Å². The lowest BCUT2D eigenvalue weighted by molar-refractivity contribution is -0.120. The lowest BCUT2D eigenvalue weighted by atomic mass is 10.0. The van der Waals surface area contributed by atoms with E-state index in [1.54, 1.807) is 0 Å². The van der Waals surface area contributed by atoms with E-state index in [-0.39, 0.29) is 11.9 Å². The third kappa shape index (κ3) is 2.34. The van der Waals surface area contributed by atoms with Crippen LogP contribution >= 0.6 is 0 Å². The summed E-state index contributed by atoms with van der Waals surface area (Å²) < 4.78 is 0. The van der Waals surface area contributed by atoms with Crippen molar-refractivity contribution >= 4 is 11.6 Å². The monoisotopic (exact) mass is 232 g/mol. The molecule has 0 spiro atoms. The molecule has 17 heavy (non-hydrogen) atoms. The Morgan fingerprint density at radius 3 is 2.88 bits per heavy atom. The van der Waals surface area contributed by atoms with Crippen LogP contribution in [0.5, 0.6) is 0 Å². The number of piperidine rings is 1. The molecule has 1 aliphatic heterocycles. The van der Waals surface area contributed by atoms with E-state index in [9.17, 15) is 4.79 Å². The van der Waals surface area contributed by atoms with E-state index in [0.717, 1.165) is 31.5 Å². The van der Waals surface area contributed by atoms with Crippen LogP contribution in [0.2, 0.25) is 0 Å². The van der Waals surface area contributed by atoms with E-state index in [0.29, 0.717) is 0 Å². The molecule has 3 nitrogen and oxygen atoms in total. The van der Waals surface area contributed by atoms with Crippen LogP contribution in [-0.2, 0) is 11.2 Å². The van der Waals surface area contributed by atoms with Crippen molar-refractivity contribution in [3.63, 3.8) is 0 Å². The predicted molar refractivity (Wildman–Crippen MR) is 70.1 cm³/mol. The normalized spacial score (nSPS) is 20.8. The molecular formula is C14H20N2O. The van der Waals surface area contributed by atoms with Crippen LogP contribution in [-0.4, -0.2) is 18.5 Å². The highest BCUT2D eigenvalue weighted by Gasteiger charge is 2.26. The number of rotatable bonds is 2. The summed E-state index contributed by atoms with van der Waals surface area (Å²) in [6.45, 7) is 5.03. The van der Waals surface area contributed by atoms with Crippen molar-refractivity contribution in [2.75, 3.05) is 11.4 Å². The summed E-state index contributed by atoms with van der Waals surface area (Å²) in [5.74, 6) is 0.0555. The van der Waals surface area contributed by atoms with Gasteiger partial charge >= 0.3 is 0 Å². The summed E-state index contributed by atoms with van der Waals surface area (Å²) in [6.07, 6.45) is 2.82. The maximum absolute atomic E-state index is 12.0. The van der Waals surface area contributed by atoms with E-state index in [2.05, 4.69) is 26.0 Å². The Morgan fingerprint density at radius 1 is 1.47 bits per heavy atom. The SMILES string of the molecule is CCc1ccc(N2CCCC(N)C2=O)cc1C. The fourth-order valence-electron chi connectivity index (χ4n) is 2.40. The number of amides is 1.